The molecule has 1 aliphatic rings. The first kappa shape index (κ1) is 16.6. The molecule has 3 nitrogen and oxygen atoms in total. The summed E-state index contributed by atoms with van der Waals surface area (Å²) >= 11 is 1.57. The average molecular weight is 359 g/mol. The molecule has 4 heteroatoms. The lowest BCUT2D eigenvalue weighted by Crippen LogP contribution is -2.29. The van der Waals surface area contributed by atoms with Crippen molar-refractivity contribution in [2.24, 2.45) is 0 Å². The van der Waals surface area contributed by atoms with Crippen molar-refractivity contribution in [2.75, 3.05) is 5.88 Å². The summed E-state index contributed by atoms with van der Waals surface area (Å²) in [7, 11) is 0. The molecule has 128 valence electrons. The fourth-order valence-electron chi connectivity index (χ4n) is 3.04. The summed E-state index contributed by atoms with van der Waals surface area (Å²) in [5.74, 6) is 0.727. The second-order valence-electron chi connectivity index (χ2n) is 6.12. The predicted octanol–water partition coefficient (Wildman–Crippen LogP) is 4.84. The van der Waals surface area contributed by atoms with Gasteiger partial charge < -0.3 is 0 Å². The number of imide groups is 1. The number of fused-ring (bicyclic) bond motifs is 1. The number of rotatable bonds is 5. The summed E-state index contributed by atoms with van der Waals surface area (Å²) in [6.45, 7) is 0. The molecule has 3 aromatic carbocycles. The molecule has 0 aliphatic carbocycles. The minimum absolute atomic E-state index is 0.197. The molecule has 3 aromatic rings. The monoisotopic (exact) mass is 359 g/mol. The summed E-state index contributed by atoms with van der Waals surface area (Å²) in [6.07, 6.45) is 0. The van der Waals surface area contributed by atoms with Gasteiger partial charge in [0.15, 0.2) is 0 Å². The van der Waals surface area contributed by atoms with Crippen LogP contribution in [0.2, 0.25) is 0 Å². The molecular weight excluding hydrogens is 342 g/mol. The van der Waals surface area contributed by atoms with E-state index in [1.165, 1.54) is 21.6 Å². The van der Waals surface area contributed by atoms with Gasteiger partial charge in [-0.1, -0.05) is 66.7 Å². The van der Waals surface area contributed by atoms with E-state index in [1.807, 2.05) is 18.2 Å². The van der Waals surface area contributed by atoms with Gasteiger partial charge >= 0.3 is 0 Å². The highest BCUT2D eigenvalue weighted by atomic mass is 32.2. The molecule has 4 rings (SSSR count). The van der Waals surface area contributed by atoms with E-state index in [0.717, 1.165) is 5.75 Å². The number of benzene rings is 3. The highest BCUT2D eigenvalue weighted by molar-refractivity contribution is 7.98. The topological polar surface area (TPSA) is 37.4 Å². The van der Waals surface area contributed by atoms with Crippen LogP contribution in [0.15, 0.2) is 78.9 Å². The Labute approximate surface area is 156 Å². The first-order chi connectivity index (χ1) is 12.7. The number of thioether (sulfide) groups is 1. The van der Waals surface area contributed by atoms with Gasteiger partial charge in [-0.05, 0) is 28.8 Å². The largest absolute Gasteiger partial charge is 0.269 e. The zero-order valence-electron chi connectivity index (χ0n) is 14.1. The van der Waals surface area contributed by atoms with Crippen molar-refractivity contribution >= 4 is 23.6 Å². The van der Waals surface area contributed by atoms with Crippen LogP contribution < -0.4 is 0 Å². The normalized spacial score (nSPS) is 13.2. The van der Waals surface area contributed by atoms with Crippen molar-refractivity contribution in [1.82, 2.24) is 4.90 Å². The maximum atomic E-state index is 12.3. The Morgan fingerprint density at radius 3 is 1.81 bits per heavy atom. The SMILES string of the molecule is O=C1c2ccccc2C(=O)N1CSCc1ccc(-c2ccccc2)cc1. The van der Waals surface area contributed by atoms with Crippen LogP contribution in [-0.2, 0) is 5.75 Å². The molecule has 0 N–H and O–H groups in total. The quantitative estimate of drug-likeness (QED) is 0.612. The standard InChI is InChI=1S/C22H17NO2S/c24-21-19-8-4-5-9-20(19)22(25)23(21)15-26-14-16-10-12-18(13-11-16)17-6-2-1-3-7-17/h1-13H,14-15H2. The lowest BCUT2D eigenvalue weighted by Gasteiger charge is -2.13. The Kier molecular flexibility index (Phi) is 4.59. The number of hydrogen-bond donors (Lipinski definition) is 0. The predicted molar refractivity (Wildman–Crippen MR) is 105 cm³/mol. The minimum Gasteiger partial charge on any atom is -0.269 e. The Bertz CT molecular complexity index is 916. The summed E-state index contributed by atoms with van der Waals surface area (Å²) in [6, 6.07) is 25.6. The van der Waals surface area contributed by atoms with E-state index in [0.29, 0.717) is 17.0 Å². The number of carbonyl (C=O) groups excluding carboxylic acids is 2. The Morgan fingerprint density at radius 1 is 0.654 bits per heavy atom. The summed E-state index contributed by atoms with van der Waals surface area (Å²) in [5.41, 5.74) is 4.55. The zero-order chi connectivity index (χ0) is 17.9. The van der Waals surface area contributed by atoms with E-state index in [9.17, 15) is 9.59 Å². The molecule has 0 saturated heterocycles. The van der Waals surface area contributed by atoms with Gasteiger partial charge in [-0.15, -0.1) is 11.8 Å². The van der Waals surface area contributed by atoms with Crippen molar-refractivity contribution in [3.63, 3.8) is 0 Å². The molecule has 26 heavy (non-hydrogen) atoms. The minimum atomic E-state index is -0.197. The van der Waals surface area contributed by atoms with E-state index >= 15 is 0 Å². The van der Waals surface area contributed by atoms with Gasteiger partial charge in [0.05, 0.1) is 17.0 Å². The molecule has 2 amide bonds. The van der Waals surface area contributed by atoms with Crippen molar-refractivity contribution in [1.29, 1.82) is 0 Å². The van der Waals surface area contributed by atoms with Crippen LogP contribution in [-0.4, -0.2) is 22.6 Å². The van der Waals surface area contributed by atoms with Gasteiger partial charge in [-0.25, -0.2) is 0 Å². The molecule has 0 radical (unpaired) electrons. The van der Waals surface area contributed by atoms with Crippen LogP contribution in [0.1, 0.15) is 26.3 Å². The first-order valence-corrected chi connectivity index (χ1v) is 9.57. The third kappa shape index (κ3) is 3.16. The Balaban J connectivity index is 1.37. The third-order valence-electron chi connectivity index (χ3n) is 4.43. The lowest BCUT2D eigenvalue weighted by molar-refractivity contribution is 0.0684. The van der Waals surface area contributed by atoms with Crippen molar-refractivity contribution in [3.05, 3.63) is 95.6 Å². The maximum Gasteiger partial charge on any atom is 0.262 e. The number of hydrogen-bond acceptors (Lipinski definition) is 3. The third-order valence-corrected chi connectivity index (χ3v) is 5.41. The van der Waals surface area contributed by atoms with Crippen molar-refractivity contribution in [2.45, 2.75) is 5.75 Å². The molecule has 0 atom stereocenters. The molecule has 0 unspecified atom stereocenters. The number of amides is 2. The second-order valence-corrected chi connectivity index (χ2v) is 7.08. The zero-order valence-corrected chi connectivity index (χ0v) is 14.9. The molecule has 1 heterocycles. The highest BCUT2D eigenvalue weighted by Gasteiger charge is 2.34. The second kappa shape index (κ2) is 7.18. The highest BCUT2D eigenvalue weighted by Crippen LogP contribution is 2.26. The van der Waals surface area contributed by atoms with Crippen LogP contribution in [0.25, 0.3) is 11.1 Å². The Hall–Kier alpha value is -2.85. The van der Waals surface area contributed by atoms with Gasteiger partial charge in [0, 0.05) is 5.75 Å². The fraction of sp³-hybridized carbons (Fsp3) is 0.0909. The number of nitrogens with zero attached hydrogens (tertiary/aromatic N) is 1. The van der Waals surface area contributed by atoms with Gasteiger partial charge in [0.25, 0.3) is 11.8 Å². The summed E-state index contributed by atoms with van der Waals surface area (Å²) < 4.78 is 0. The van der Waals surface area contributed by atoms with Crippen molar-refractivity contribution < 1.29 is 9.59 Å². The van der Waals surface area contributed by atoms with Crippen LogP contribution >= 0.6 is 11.8 Å². The van der Waals surface area contributed by atoms with Crippen LogP contribution in [0, 0.1) is 0 Å². The number of carbonyl (C=O) groups is 2. The Morgan fingerprint density at radius 2 is 1.19 bits per heavy atom. The van der Waals surface area contributed by atoms with Crippen LogP contribution in [0.5, 0.6) is 0 Å². The molecule has 0 bridgehead atoms. The van der Waals surface area contributed by atoms with Gasteiger partial charge in [0.2, 0.25) is 0 Å². The molecule has 1 aliphatic heterocycles. The molecule has 0 saturated carbocycles. The average Bonchev–Trinajstić information content (AvgIpc) is 2.94. The summed E-state index contributed by atoms with van der Waals surface area (Å²) in [4.78, 5) is 26.0. The molecule has 0 spiro atoms. The van der Waals surface area contributed by atoms with E-state index in [4.69, 9.17) is 0 Å². The molecular formula is C22H17NO2S. The first-order valence-electron chi connectivity index (χ1n) is 8.41. The maximum absolute atomic E-state index is 12.3. The van der Waals surface area contributed by atoms with Gasteiger partial charge in [-0.2, -0.15) is 0 Å². The van der Waals surface area contributed by atoms with E-state index < -0.39 is 0 Å². The van der Waals surface area contributed by atoms with E-state index in [2.05, 4.69) is 36.4 Å². The smallest absolute Gasteiger partial charge is 0.262 e. The van der Waals surface area contributed by atoms with E-state index in [-0.39, 0.29) is 11.8 Å². The fourth-order valence-corrected chi connectivity index (χ4v) is 3.97. The van der Waals surface area contributed by atoms with Gasteiger partial charge in [-0.3, -0.25) is 14.5 Å². The van der Waals surface area contributed by atoms with Crippen LogP contribution in [0.4, 0.5) is 0 Å². The van der Waals surface area contributed by atoms with Crippen LogP contribution in [0.3, 0.4) is 0 Å². The summed E-state index contributed by atoms with van der Waals surface area (Å²) in [5, 5.41) is 0. The van der Waals surface area contributed by atoms with Gasteiger partial charge in [0.1, 0.15) is 0 Å². The lowest BCUT2D eigenvalue weighted by atomic mass is 10.0. The van der Waals surface area contributed by atoms with E-state index in [1.54, 1.807) is 36.0 Å². The molecule has 0 aromatic heterocycles. The molecule has 0 fully saturated rings. The van der Waals surface area contributed by atoms with Crippen molar-refractivity contribution in [3.8, 4) is 11.1 Å².